The molecule has 1 fully saturated rings. The zero-order valence-electron chi connectivity index (χ0n) is 8.84. The molecule has 12 heavy (non-hydrogen) atoms. The summed E-state index contributed by atoms with van der Waals surface area (Å²) in [6, 6.07) is 0. The molecule has 0 aliphatic carbocycles. The monoisotopic (exact) mass is 172 g/mol. The van der Waals surface area contributed by atoms with E-state index in [0.29, 0.717) is 12.2 Å². The summed E-state index contributed by atoms with van der Waals surface area (Å²) >= 11 is 0. The first-order valence-corrected chi connectivity index (χ1v) is 4.97. The van der Waals surface area contributed by atoms with E-state index in [9.17, 15) is 0 Å². The van der Waals surface area contributed by atoms with Crippen LogP contribution in [0, 0.1) is 0 Å². The Labute approximate surface area is 76.1 Å². The van der Waals surface area contributed by atoms with E-state index in [2.05, 4.69) is 27.9 Å². The molecular formula is C10H22NO+. The summed E-state index contributed by atoms with van der Waals surface area (Å²) in [4.78, 5) is 0. The molecule has 0 unspecified atom stereocenters. The number of ether oxygens (including phenoxy) is 1. The fourth-order valence-electron chi connectivity index (χ4n) is 1.76. The van der Waals surface area contributed by atoms with Crippen LogP contribution < -0.4 is 0 Å². The van der Waals surface area contributed by atoms with Crippen molar-refractivity contribution in [1.82, 2.24) is 0 Å². The van der Waals surface area contributed by atoms with Crippen LogP contribution in [-0.4, -0.2) is 43.9 Å². The zero-order valence-corrected chi connectivity index (χ0v) is 8.84. The molecule has 0 radical (unpaired) electrons. The maximum Gasteiger partial charge on any atom is 0.0807 e. The van der Waals surface area contributed by atoms with E-state index in [1.54, 1.807) is 0 Å². The minimum absolute atomic E-state index is 0.392. The van der Waals surface area contributed by atoms with E-state index in [1.807, 2.05) is 0 Å². The van der Waals surface area contributed by atoms with Gasteiger partial charge in [-0.15, -0.1) is 0 Å². The molecule has 2 nitrogen and oxygen atoms in total. The normalized spacial score (nSPS) is 24.8. The fraction of sp³-hybridized carbons (Fsp3) is 1.00. The molecule has 1 heterocycles. The van der Waals surface area contributed by atoms with Gasteiger partial charge in [-0.1, -0.05) is 0 Å². The predicted octanol–water partition coefficient (Wildman–Crippen LogP) is 1.65. The molecule has 2 heteroatoms. The van der Waals surface area contributed by atoms with Crippen molar-refractivity contribution < 1.29 is 9.22 Å². The van der Waals surface area contributed by atoms with Crippen LogP contribution in [-0.2, 0) is 4.74 Å². The van der Waals surface area contributed by atoms with Gasteiger partial charge in [0.2, 0.25) is 0 Å². The van der Waals surface area contributed by atoms with Gasteiger partial charge < -0.3 is 9.22 Å². The first-order valence-electron chi connectivity index (χ1n) is 4.97. The summed E-state index contributed by atoms with van der Waals surface area (Å²) in [5, 5.41) is 0. The third-order valence-electron chi connectivity index (χ3n) is 2.58. The van der Waals surface area contributed by atoms with Crippen molar-refractivity contribution in [3.05, 3.63) is 0 Å². The van der Waals surface area contributed by atoms with Crippen LogP contribution in [0.25, 0.3) is 0 Å². The second kappa shape index (κ2) is 3.75. The molecule has 0 spiro atoms. The molecule has 0 aromatic heterocycles. The zero-order chi connectivity index (χ0) is 9.19. The smallest absolute Gasteiger partial charge is 0.0807 e. The standard InChI is InChI=1S/C10H22NO/c1-9(2)12-10-5-7-11(3,4)8-6-10/h9-10H,5-8H2,1-4H3/q+1. The van der Waals surface area contributed by atoms with Crippen LogP contribution >= 0.6 is 0 Å². The summed E-state index contributed by atoms with van der Waals surface area (Å²) < 4.78 is 6.94. The van der Waals surface area contributed by atoms with Gasteiger partial charge in [0.15, 0.2) is 0 Å². The third-order valence-corrected chi connectivity index (χ3v) is 2.58. The minimum Gasteiger partial charge on any atom is -0.375 e. The molecule has 72 valence electrons. The molecule has 0 aromatic rings. The predicted molar refractivity (Wildman–Crippen MR) is 51.1 cm³/mol. The van der Waals surface area contributed by atoms with Crippen LogP contribution in [0.4, 0.5) is 0 Å². The number of nitrogens with zero attached hydrogens (tertiary/aromatic N) is 1. The van der Waals surface area contributed by atoms with Gasteiger partial charge in [-0.25, -0.2) is 0 Å². The van der Waals surface area contributed by atoms with Crippen LogP contribution in [0.15, 0.2) is 0 Å². The maximum absolute atomic E-state index is 5.77. The van der Waals surface area contributed by atoms with Gasteiger partial charge in [-0.2, -0.15) is 0 Å². The molecule has 1 aliphatic heterocycles. The van der Waals surface area contributed by atoms with Crippen molar-refractivity contribution in [3.63, 3.8) is 0 Å². The highest BCUT2D eigenvalue weighted by Gasteiger charge is 2.26. The van der Waals surface area contributed by atoms with Gasteiger partial charge in [-0.05, 0) is 13.8 Å². The highest BCUT2D eigenvalue weighted by Crippen LogP contribution is 2.17. The topological polar surface area (TPSA) is 9.23 Å². The second-order valence-corrected chi connectivity index (χ2v) is 4.77. The first kappa shape index (κ1) is 10.0. The van der Waals surface area contributed by atoms with Crippen molar-refractivity contribution in [2.24, 2.45) is 0 Å². The quantitative estimate of drug-likeness (QED) is 0.575. The lowest BCUT2D eigenvalue weighted by Crippen LogP contribution is -2.48. The van der Waals surface area contributed by atoms with Gasteiger partial charge in [-0.3, -0.25) is 0 Å². The number of hydrogen-bond donors (Lipinski definition) is 0. The lowest BCUT2D eigenvalue weighted by molar-refractivity contribution is -0.896. The fourth-order valence-corrected chi connectivity index (χ4v) is 1.76. The molecule has 0 N–H and O–H groups in total. The van der Waals surface area contributed by atoms with Gasteiger partial charge >= 0.3 is 0 Å². The Balaban J connectivity index is 2.27. The Morgan fingerprint density at radius 2 is 1.67 bits per heavy atom. The first-order chi connectivity index (χ1) is 5.49. The van der Waals surface area contributed by atoms with Gasteiger partial charge in [0, 0.05) is 12.8 Å². The van der Waals surface area contributed by atoms with Gasteiger partial charge in [0.25, 0.3) is 0 Å². The molecule has 0 saturated carbocycles. The number of hydrogen-bond acceptors (Lipinski definition) is 1. The summed E-state index contributed by atoms with van der Waals surface area (Å²) in [6.07, 6.45) is 3.37. The average Bonchev–Trinajstić information content (AvgIpc) is 1.93. The van der Waals surface area contributed by atoms with E-state index in [-0.39, 0.29) is 0 Å². The van der Waals surface area contributed by atoms with Crippen molar-refractivity contribution in [2.45, 2.75) is 38.9 Å². The Hall–Kier alpha value is -0.0800. The Bertz CT molecular complexity index is 133. The lowest BCUT2D eigenvalue weighted by atomic mass is 10.1. The minimum atomic E-state index is 0.392. The SMILES string of the molecule is CC(C)OC1CC[N+](C)(C)CC1. The number of likely N-dealkylation sites (tertiary alicyclic amines) is 1. The van der Waals surface area contributed by atoms with Gasteiger partial charge in [0.1, 0.15) is 0 Å². The molecule has 0 atom stereocenters. The Kier molecular flexibility index (Phi) is 3.13. The molecule has 1 saturated heterocycles. The molecule has 1 rings (SSSR count). The van der Waals surface area contributed by atoms with E-state index in [4.69, 9.17) is 4.74 Å². The number of quaternary nitrogens is 1. The third kappa shape index (κ3) is 3.11. The van der Waals surface area contributed by atoms with Gasteiger partial charge in [0.05, 0.1) is 39.4 Å². The number of rotatable bonds is 2. The highest BCUT2D eigenvalue weighted by molar-refractivity contribution is 4.63. The second-order valence-electron chi connectivity index (χ2n) is 4.77. The molecule has 0 amide bonds. The van der Waals surface area contributed by atoms with E-state index >= 15 is 0 Å². The summed E-state index contributed by atoms with van der Waals surface area (Å²) in [6.45, 7) is 6.76. The number of piperidine rings is 1. The van der Waals surface area contributed by atoms with Crippen LogP contribution in [0.5, 0.6) is 0 Å². The highest BCUT2D eigenvalue weighted by atomic mass is 16.5. The molecule has 0 aromatic carbocycles. The van der Waals surface area contributed by atoms with Crippen LogP contribution in [0.2, 0.25) is 0 Å². The van der Waals surface area contributed by atoms with Crippen LogP contribution in [0.3, 0.4) is 0 Å². The Morgan fingerprint density at radius 1 is 1.17 bits per heavy atom. The summed E-state index contributed by atoms with van der Waals surface area (Å²) in [5.74, 6) is 0. The van der Waals surface area contributed by atoms with Crippen molar-refractivity contribution in [3.8, 4) is 0 Å². The summed E-state index contributed by atoms with van der Waals surface area (Å²) in [5.41, 5.74) is 0. The largest absolute Gasteiger partial charge is 0.375 e. The lowest BCUT2D eigenvalue weighted by Gasteiger charge is -2.37. The van der Waals surface area contributed by atoms with E-state index in [0.717, 1.165) is 4.48 Å². The van der Waals surface area contributed by atoms with Crippen molar-refractivity contribution in [2.75, 3.05) is 27.2 Å². The maximum atomic E-state index is 5.77. The van der Waals surface area contributed by atoms with Crippen LogP contribution in [0.1, 0.15) is 26.7 Å². The molecular weight excluding hydrogens is 150 g/mol. The average molecular weight is 172 g/mol. The molecule has 0 bridgehead atoms. The van der Waals surface area contributed by atoms with Crippen molar-refractivity contribution >= 4 is 0 Å². The summed E-state index contributed by atoms with van der Waals surface area (Å²) in [7, 11) is 4.59. The van der Waals surface area contributed by atoms with E-state index in [1.165, 1.54) is 25.9 Å². The van der Waals surface area contributed by atoms with E-state index < -0.39 is 0 Å². The Morgan fingerprint density at radius 3 is 2.08 bits per heavy atom. The van der Waals surface area contributed by atoms with Crippen molar-refractivity contribution in [1.29, 1.82) is 0 Å². The molecule has 1 aliphatic rings.